The maximum absolute atomic E-state index is 13.6. The van der Waals surface area contributed by atoms with Gasteiger partial charge in [0.15, 0.2) is 0 Å². The summed E-state index contributed by atoms with van der Waals surface area (Å²) >= 11 is 0. The Bertz CT molecular complexity index is 1490. The molecule has 0 aromatic heterocycles. The number of aliphatic hydroxyl groups is 1. The van der Waals surface area contributed by atoms with Crippen molar-refractivity contribution in [3.8, 4) is 5.75 Å². The Morgan fingerprint density at radius 3 is 2.32 bits per heavy atom. The number of hydrogen-bond acceptors (Lipinski definition) is 6. The van der Waals surface area contributed by atoms with Crippen LogP contribution in [0.5, 0.6) is 5.75 Å². The van der Waals surface area contributed by atoms with Gasteiger partial charge in [-0.25, -0.2) is 4.79 Å². The SMILES string of the molecule is N=C(N=NN)NC(=O)c1ccc(CN(C(=O)Nc2ccc(OC(F)(F)F)c(CO)c2)c2ccc(C3CCCCC3)cc2)cc1. The van der Waals surface area contributed by atoms with Crippen molar-refractivity contribution in [2.75, 3.05) is 10.2 Å². The van der Waals surface area contributed by atoms with Gasteiger partial charge in [0, 0.05) is 22.5 Å². The van der Waals surface area contributed by atoms with Crippen LogP contribution in [0.4, 0.5) is 29.3 Å². The van der Waals surface area contributed by atoms with E-state index in [0.717, 1.165) is 18.9 Å². The average molecular weight is 612 g/mol. The largest absolute Gasteiger partial charge is 0.573 e. The number of benzene rings is 3. The molecule has 3 amide bonds. The number of rotatable bonds is 8. The monoisotopic (exact) mass is 611 g/mol. The second-order valence-corrected chi connectivity index (χ2v) is 10.2. The highest BCUT2D eigenvalue weighted by Crippen LogP contribution is 2.34. The molecule has 1 saturated carbocycles. The van der Waals surface area contributed by atoms with E-state index in [9.17, 15) is 27.9 Å². The number of nitrogens with two attached hydrogens (primary N) is 1. The van der Waals surface area contributed by atoms with Crippen LogP contribution in [0.2, 0.25) is 0 Å². The zero-order valence-corrected chi connectivity index (χ0v) is 23.6. The summed E-state index contributed by atoms with van der Waals surface area (Å²) in [5.41, 5.74) is 2.66. The van der Waals surface area contributed by atoms with Crippen molar-refractivity contribution in [3.63, 3.8) is 0 Å². The molecular weight excluding hydrogens is 579 g/mol. The van der Waals surface area contributed by atoms with Gasteiger partial charge in [0.2, 0.25) is 5.96 Å². The number of halogens is 3. The van der Waals surface area contributed by atoms with Crippen LogP contribution in [0.1, 0.15) is 65.1 Å². The number of urea groups is 1. The van der Waals surface area contributed by atoms with Gasteiger partial charge in [0.05, 0.1) is 13.2 Å². The van der Waals surface area contributed by atoms with Gasteiger partial charge >= 0.3 is 12.4 Å². The molecule has 3 aromatic rings. The lowest BCUT2D eigenvalue weighted by molar-refractivity contribution is -0.275. The molecule has 0 bridgehead atoms. The first-order valence-electron chi connectivity index (χ1n) is 13.8. The number of carbonyl (C=O) groups excluding carboxylic acids is 2. The quantitative estimate of drug-likeness (QED) is 0.0657. The highest BCUT2D eigenvalue weighted by Gasteiger charge is 2.32. The van der Waals surface area contributed by atoms with Crippen molar-refractivity contribution < 1.29 is 32.6 Å². The molecule has 0 atom stereocenters. The fourth-order valence-electron chi connectivity index (χ4n) is 5.05. The van der Waals surface area contributed by atoms with Crippen molar-refractivity contribution in [2.24, 2.45) is 16.2 Å². The summed E-state index contributed by atoms with van der Waals surface area (Å²) in [6.45, 7) is -0.661. The Morgan fingerprint density at radius 1 is 1.02 bits per heavy atom. The number of ether oxygens (including phenoxy) is 1. The molecular formula is C30H32F3N7O4. The molecule has 0 aliphatic heterocycles. The second-order valence-electron chi connectivity index (χ2n) is 10.2. The van der Waals surface area contributed by atoms with Crippen molar-refractivity contribution >= 4 is 29.3 Å². The van der Waals surface area contributed by atoms with Crippen LogP contribution in [0.25, 0.3) is 0 Å². The molecule has 1 aliphatic rings. The van der Waals surface area contributed by atoms with E-state index >= 15 is 0 Å². The first-order chi connectivity index (χ1) is 21.1. The number of hydrogen-bond donors (Lipinski definition) is 5. The van der Waals surface area contributed by atoms with Crippen LogP contribution in [-0.2, 0) is 13.2 Å². The molecule has 0 spiro atoms. The first-order valence-corrected chi connectivity index (χ1v) is 13.8. The average Bonchev–Trinajstić information content (AvgIpc) is 3.00. The van der Waals surface area contributed by atoms with Gasteiger partial charge in [0.25, 0.3) is 5.91 Å². The van der Waals surface area contributed by atoms with Gasteiger partial charge in [-0.2, -0.15) is 0 Å². The number of nitrogens with zero attached hydrogens (tertiary/aromatic N) is 3. The molecule has 1 fully saturated rings. The van der Waals surface area contributed by atoms with E-state index in [1.807, 2.05) is 24.3 Å². The Balaban J connectivity index is 1.57. The third kappa shape index (κ3) is 8.77. The highest BCUT2D eigenvalue weighted by molar-refractivity contribution is 6.05. The topological polar surface area (TPSA) is 165 Å². The molecule has 11 nitrogen and oxygen atoms in total. The van der Waals surface area contributed by atoms with Gasteiger partial charge in [-0.05, 0) is 72.4 Å². The standard InChI is InChI=1S/C30H32F3N7O4/c31-30(32,33)44-26-15-12-24(16-23(26)18-41)36-29(43)40(25-13-10-21(11-14-25)20-4-2-1-3-5-20)17-19-6-8-22(9-7-19)27(42)37-28(34)38-39-35/h6-16,20,41H,1-5,17-18H2,(H,36,43)(H4,34,35,37,38,42). The minimum absolute atomic E-state index is 0.0792. The molecule has 1 aliphatic carbocycles. The summed E-state index contributed by atoms with van der Waals surface area (Å²) in [5.74, 6) is 3.66. The molecule has 0 saturated heterocycles. The third-order valence-corrected chi connectivity index (χ3v) is 7.18. The summed E-state index contributed by atoms with van der Waals surface area (Å²) < 4.78 is 42.2. The van der Waals surface area contributed by atoms with Crippen LogP contribution in [-0.4, -0.2) is 29.4 Å². The predicted molar refractivity (Wildman–Crippen MR) is 157 cm³/mol. The van der Waals surface area contributed by atoms with Gasteiger partial charge in [-0.1, -0.05) is 53.9 Å². The van der Waals surface area contributed by atoms with E-state index in [1.165, 1.54) is 54.0 Å². The molecule has 44 heavy (non-hydrogen) atoms. The lowest BCUT2D eigenvalue weighted by atomic mass is 9.84. The normalized spacial score (nSPS) is 13.8. The Kier molecular flexibility index (Phi) is 10.5. The second kappa shape index (κ2) is 14.5. The zero-order valence-electron chi connectivity index (χ0n) is 23.6. The van der Waals surface area contributed by atoms with Crippen molar-refractivity contribution in [2.45, 2.75) is 57.5 Å². The minimum atomic E-state index is -4.94. The van der Waals surface area contributed by atoms with Gasteiger partial charge < -0.3 is 21.0 Å². The van der Waals surface area contributed by atoms with E-state index in [-0.39, 0.29) is 23.4 Å². The molecule has 0 unspecified atom stereocenters. The van der Waals surface area contributed by atoms with E-state index in [2.05, 4.69) is 25.7 Å². The molecule has 3 aromatic carbocycles. The molecule has 0 heterocycles. The molecule has 232 valence electrons. The summed E-state index contributed by atoms with van der Waals surface area (Å²) in [5, 5.41) is 28.2. The van der Waals surface area contributed by atoms with Crippen LogP contribution < -0.4 is 26.1 Å². The number of aliphatic hydroxyl groups excluding tert-OH is 1. The minimum Gasteiger partial charge on any atom is -0.405 e. The smallest absolute Gasteiger partial charge is 0.405 e. The van der Waals surface area contributed by atoms with E-state index in [1.54, 1.807) is 12.1 Å². The number of nitrogens with one attached hydrogen (secondary N) is 3. The van der Waals surface area contributed by atoms with E-state index < -0.39 is 36.6 Å². The van der Waals surface area contributed by atoms with Crippen LogP contribution >= 0.6 is 0 Å². The Hall–Kier alpha value is -4.98. The Labute approximate surface area is 251 Å². The van der Waals surface area contributed by atoms with Crippen molar-refractivity contribution in [1.82, 2.24) is 5.32 Å². The lowest BCUT2D eigenvalue weighted by Crippen LogP contribution is -2.34. The summed E-state index contributed by atoms with van der Waals surface area (Å²) in [6, 6.07) is 16.9. The maximum atomic E-state index is 13.6. The number of alkyl halides is 3. The summed E-state index contributed by atoms with van der Waals surface area (Å²) in [6.07, 6.45) is 0.860. The van der Waals surface area contributed by atoms with Gasteiger partial charge in [0.1, 0.15) is 5.75 Å². The number of guanidine groups is 1. The van der Waals surface area contributed by atoms with Gasteiger partial charge in [-0.15, -0.1) is 13.2 Å². The van der Waals surface area contributed by atoms with Crippen molar-refractivity contribution in [1.29, 1.82) is 5.41 Å². The fourth-order valence-corrected chi connectivity index (χ4v) is 5.05. The van der Waals surface area contributed by atoms with Crippen LogP contribution in [0.3, 0.4) is 0 Å². The summed E-state index contributed by atoms with van der Waals surface area (Å²) in [4.78, 5) is 27.4. The third-order valence-electron chi connectivity index (χ3n) is 7.18. The molecule has 0 radical (unpaired) electrons. The lowest BCUT2D eigenvalue weighted by Gasteiger charge is -2.26. The summed E-state index contributed by atoms with van der Waals surface area (Å²) in [7, 11) is 0. The van der Waals surface area contributed by atoms with E-state index in [0.29, 0.717) is 17.2 Å². The maximum Gasteiger partial charge on any atom is 0.573 e. The first kappa shape index (κ1) is 31.9. The molecule has 14 heteroatoms. The zero-order chi connectivity index (χ0) is 31.7. The van der Waals surface area contributed by atoms with E-state index in [4.69, 9.17) is 11.3 Å². The fraction of sp³-hybridized carbons (Fsp3) is 0.300. The number of anilines is 2. The molecule has 4 rings (SSSR count). The van der Waals surface area contributed by atoms with Crippen LogP contribution in [0.15, 0.2) is 77.1 Å². The number of carbonyl (C=O) groups is 2. The number of amides is 3. The molecule has 6 N–H and O–H groups in total. The Morgan fingerprint density at radius 2 is 1.70 bits per heavy atom. The van der Waals surface area contributed by atoms with Crippen molar-refractivity contribution in [3.05, 3.63) is 89.0 Å². The van der Waals surface area contributed by atoms with Crippen LogP contribution in [0, 0.1) is 5.41 Å². The predicted octanol–water partition coefficient (Wildman–Crippen LogP) is 6.35. The van der Waals surface area contributed by atoms with Gasteiger partial charge in [-0.3, -0.25) is 20.4 Å². The highest BCUT2D eigenvalue weighted by atomic mass is 19.4.